The van der Waals surface area contributed by atoms with Crippen molar-refractivity contribution in [3.63, 3.8) is 0 Å². The highest BCUT2D eigenvalue weighted by molar-refractivity contribution is 5.90. The van der Waals surface area contributed by atoms with Crippen LogP contribution in [-0.4, -0.2) is 72.7 Å². The van der Waals surface area contributed by atoms with Gasteiger partial charge >= 0.3 is 12.1 Å². The number of anilines is 1. The number of ether oxygens (including phenoxy) is 2. The number of hydrogen-bond acceptors (Lipinski definition) is 4. The van der Waals surface area contributed by atoms with Gasteiger partial charge in [-0.05, 0) is 93.7 Å². The number of urea groups is 2. The molecule has 8 nitrogen and oxygen atoms in total. The quantitative estimate of drug-likeness (QED) is 0.373. The monoisotopic (exact) mass is 562 g/mol. The van der Waals surface area contributed by atoms with Crippen LogP contribution in [0.5, 0.6) is 0 Å². The van der Waals surface area contributed by atoms with Gasteiger partial charge in [-0.15, -0.1) is 0 Å². The summed E-state index contributed by atoms with van der Waals surface area (Å²) in [6.45, 7) is 16.6. The van der Waals surface area contributed by atoms with Crippen molar-refractivity contribution in [1.82, 2.24) is 14.7 Å². The molecule has 2 fully saturated rings. The zero-order valence-corrected chi connectivity index (χ0v) is 25.8. The van der Waals surface area contributed by atoms with Gasteiger partial charge in [0.25, 0.3) is 0 Å². The fourth-order valence-corrected chi connectivity index (χ4v) is 6.38. The number of carbonyl (C=O) groups excluding carboxylic acids is 2. The Morgan fingerprint density at radius 2 is 1.90 bits per heavy atom. The maximum absolute atomic E-state index is 14.0. The zero-order chi connectivity index (χ0) is 29.9. The van der Waals surface area contributed by atoms with Gasteiger partial charge in [0.15, 0.2) is 0 Å². The third-order valence-corrected chi connectivity index (χ3v) is 8.86. The van der Waals surface area contributed by atoms with E-state index in [9.17, 15) is 9.59 Å². The van der Waals surface area contributed by atoms with Crippen molar-refractivity contribution in [3.05, 3.63) is 76.4 Å². The van der Waals surface area contributed by atoms with E-state index in [1.807, 2.05) is 60.6 Å². The summed E-state index contributed by atoms with van der Waals surface area (Å²) < 4.78 is 11.0. The number of likely N-dealkylation sites (N-methyl/N-ethyl adjacent to an activating group) is 1. The number of nitrogens with one attached hydrogen (secondary N) is 1. The van der Waals surface area contributed by atoms with Crippen LogP contribution in [0.2, 0.25) is 0 Å². The highest BCUT2D eigenvalue weighted by Gasteiger charge is 2.54. The van der Waals surface area contributed by atoms with E-state index in [2.05, 4.69) is 31.0 Å². The predicted octanol–water partition coefficient (Wildman–Crippen LogP) is 6.75. The molecule has 1 spiro atoms. The van der Waals surface area contributed by atoms with Crippen LogP contribution in [-0.2, 0) is 9.47 Å². The molecule has 0 saturated carbocycles. The molecule has 0 radical (unpaired) electrons. The van der Waals surface area contributed by atoms with Gasteiger partial charge in [-0.2, -0.15) is 0 Å². The number of hydrogen-bond donors (Lipinski definition) is 1. The molecule has 1 N–H and O–H groups in total. The van der Waals surface area contributed by atoms with Crippen LogP contribution in [0.15, 0.2) is 65.3 Å². The minimum atomic E-state index is -0.435. The van der Waals surface area contributed by atoms with Gasteiger partial charge in [-0.25, -0.2) is 9.59 Å². The number of amides is 4. The number of aryl methyl sites for hydroxylation is 2. The van der Waals surface area contributed by atoms with Crippen LogP contribution in [0.4, 0.5) is 15.3 Å². The third kappa shape index (κ3) is 6.02. The van der Waals surface area contributed by atoms with Gasteiger partial charge in [0.2, 0.25) is 0 Å². The molecular formula is C33H46N4O4. The molecule has 2 saturated heterocycles. The number of allylic oxidation sites excluding steroid dienone is 4. The van der Waals surface area contributed by atoms with Crippen LogP contribution in [0.25, 0.3) is 0 Å². The molecule has 1 atom stereocenters. The number of fused-ring (bicyclic) bond motifs is 2. The summed E-state index contributed by atoms with van der Waals surface area (Å²) in [5.41, 5.74) is 5.79. The minimum Gasteiger partial charge on any atom is -0.502 e. The number of benzene rings is 1. The first kappa shape index (κ1) is 30.3. The smallest absolute Gasteiger partial charge is 0.325 e. The zero-order valence-electron chi connectivity index (χ0n) is 25.8. The van der Waals surface area contributed by atoms with E-state index in [1.54, 1.807) is 14.2 Å². The number of rotatable bonds is 7. The van der Waals surface area contributed by atoms with Crippen molar-refractivity contribution >= 4 is 17.7 Å². The van der Waals surface area contributed by atoms with Crippen molar-refractivity contribution in [2.75, 3.05) is 45.7 Å². The Morgan fingerprint density at radius 1 is 1.20 bits per heavy atom. The largest absolute Gasteiger partial charge is 0.502 e. The summed E-state index contributed by atoms with van der Waals surface area (Å²) in [5.74, 6) is 1.64. The Kier molecular flexibility index (Phi) is 9.20. The first-order chi connectivity index (χ1) is 19.5. The molecule has 8 heteroatoms. The normalized spacial score (nSPS) is 23.9. The van der Waals surface area contributed by atoms with E-state index in [4.69, 9.17) is 9.47 Å². The molecule has 0 aromatic heterocycles. The van der Waals surface area contributed by atoms with Crippen LogP contribution in [0.3, 0.4) is 0 Å². The summed E-state index contributed by atoms with van der Waals surface area (Å²) in [6.07, 6.45) is 7.14. The lowest BCUT2D eigenvalue weighted by atomic mass is 9.80. The fraction of sp³-hybridized carbons (Fsp3) is 0.515. The Morgan fingerprint density at radius 3 is 2.54 bits per heavy atom. The molecule has 0 unspecified atom stereocenters. The standard InChI is InChI=1S/C33H46N4O4/c1-9-37-32(39)36-21-27(13-12-25(5)40-7)28(26(6)41-8)18-23(3)20-30(36)33(37)14-16-35(17-15-33)31(38)34-29-19-22(2)10-11-24(29)4/h10-12,19-20,23H,6,9,13-18,21H2,1-5,7-8H3,(H,34,38)/b25-12+,28-27+,30-20-/t23-/m0/s1. The molecule has 222 valence electrons. The maximum atomic E-state index is 14.0. The second-order valence-corrected chi connectivity index (χ2v) is 11.5. The molecule has 4 amide bonds. The molecular weight excluding hydrogens is 516 g/mol. The molecule has 1 aromatic carbocycles. The average molecular weight is 563 g/mol. The maximum Gasteiger partial charge on any atom is 0.325 e. The number of nitrogens with zero attached hydrogens (tertiary/aromatic N) is 3. The Balaban J connectivity index is 1.62. The van der Waals surface area contributed by atoms with E-state index in [0.717, 1.165) is 45.8 Å². The molecule has 3 aliphatic heterocycles. The van der Waals surface area contributed by atoms with E-state index < -0.39 is 5.54 Å². The molecule has 4 rings (SSSR count). The van der Waals surface area contributed by atoms with E-state index in [0.29, 0.717) is 51.2 Å². The SMILES string of the molecule is C=C(OC)/C1=C(\C/C=C(\C)OC)CN2C(=O)N(CC)C3(CCN(C(=O)Nc4cc(C)ccc4C)CC3)/C2=C/[C@@H](C)C1. The van der Waals surface area contributed by atoms with Crippen molar-refractivity contribution in [2.45, 2.75) is 65.8 Å². The van der Waals surface area contributed by atoms with Crippen molar-refractivity contribution in [2.24, 2.45) is 5.92 Å². The predicted molar refractivity (Wildman–Crippen MR) is 163 cm³/mol. The Labute approximate surface area is 245 Å². The third-order valence-electron chi connectivity index (χ3n) is 8.86. The lowest BCUT2D eigenvalue weighted by Gasteiger charge is -2.44. The summed E-state index contributed by atoms with van der Waals surface area (Å²) in [7, 11) is 3.31. The average Bonchev–Trinajstić information content (AvgIpc) is 3.15. The summed E-state index contributed by atoms with van der Waals surface area (Å²) in [5, 5.41) is 3.11. The van der Waals surface area contributed by atoms with Gasteiger partial charge in [0.05, 0.1) is 25.5 Å². The number of piperidine rings is 1. The second-order valence-electron chi connectivity index (χ2n) is 11.5. The Hall–Kier alpha value is -3.68. The fourth-order valence-electron chi connectivity index (χ4n) is 6.38. The summed E-state index contributed by atoms with van der Waals surface area (Å²) in [4.78, 5) is 33.2. The number of methoxy groups -OCH3 is 2. The van der Waals surface area contributed by atoms with Gasteiger partial charge in [-0.1, -0.05) is 31.7 Å². The topological polar surface area (TPSA) is 74.4 Å². The first-order valence-electron chi connectivity index (χ1n) is 14.6. The summed E-state index contributed by atoms with van der Waals surface area (Å²) >= 11 is 0. The van der Waals surface area contributed by atoms with Crippen molar-refractivity contribution in [1.29, 1.82) is 0 Å². The van der Waals surface area contributed by atoms with Gasteiger partial charge in [0, 0.05) is 37.6 Å². The van der Waals surface area contributed by atoms with Crippen LogP contribution in [0, 0.1) is 19.8 Å². The lowest BCUT2D eigenvalue weighted by Crippen LogP contribution is -2.55. The van der Waals surface area contributed by atoms with Crippen LogP contribution >= 0.6 is 0 Å². The lowest BCUT2D eigenvalue weighted by molar-refractivity contribution is 0.106. The van der Waals surface area contributed by atoms with Crippen molar-refractivity contribution < 1.29 is 19.1 Å². The molecule has 3 aliphatic rings. The van der Waals surface area contributed by atoms with Gasteiger partial charge < -0.3 is 24.6 Å². The van der Waals surface area contributed by atoms with Crippen LogP contribution in [0.1, 0.15) is 57.6 Å². The molecule has 3 heterocycles. The van der Waals surface area contributed by atoms with E-state index >= 15 is 0 Å². The molecule has 1 aromatic rings. The Bertz CT molecular complexity index is 1290. The van der Waals surface area contributed by atoms with Gasteiger partial charge in [0.1, 0.15) is 5.76 Å². The number of likely N-dealkylation sites (tertiary alicyclic amines) is 1. The second kappa shape index (κ2) is 12.5. The summed E-state index contributed by atoms with van der Waals surface area (Å²) in [6, 6.07) is 6.01. The minimum absolute atomic E-state index is 0.0217. The molecule has 0 bridgehead atoms. The van der Waals surface area contributed by atoms with E-state index in [1.165, 1.54) is 0 Å². The van der Waals surface area contributed by atoms with Gasteiger partial charge in [-0.3, -0.25) is 4.90 Å². The molecule has 0 aliphatic carbocycles. The van der Waals surface area contributed by atoms with Crippen molar-refractivity contribution in [3.8, 4) is 0 Å². The first-order valence-corrected chi connectivity index (χ1v) is 14.6. The highest BCUT2D eigenvalue weighted by Crippen LogP contribution is 2.46. The number of carbonyl (C=O) groups is 2. The molecule has 41 heavy (non-hydrogen) atoms. The van der Waals surface area contributed by atoms with Crippen LogP contribution < -0.4 is 5.32 Å². The highest BCUT2D eigenvalue weighted by atomic mass is 16.5. The van der Waals surface area contributed by atoms with E-state index in [-0.39, 0.29) is 18.0 Å².